The molecule has 0 spiro atoms. The average molecular weight is 408 g/mol. The van der Waals surface area contributed by atoms with Crippen molar-refractivity contribution in [2.75, 3.05) is 13.1 Å². The van der Waals surface area contributed by atoms with Gasteiger partial charge in [0.25, 0.3) is 0 Å². The van der Waals surface area contributed by atoms with E-state index in [2.05, 4.69) is 9.60 Å². The smallest absolute Gasteiger partial charge is 0.724 e. The van der Waals surface area contributed by atoms with Crippen LogP contribution in [0.25, 0.3) is 0 Å². The van der Waals surface area contributed by atoms with Crippen LogP contribution in [0.15, 0.2) is 24.5 Å². The summed E-state index contributed by atoms with van der Waals surface area (Å²) in [6, 6.07) is 1.25. The van der Waals surface area contributed by atoms with Crippen LogP contribution in [0.4, 0.5) is 4.79 Å². The Morgan fingerprint density at radius 3 is 2.56 bits per heavy atom. The molecule has 2 saturated heterocycles. The minimum absolute atomic E-state index is 0. The van der Waals surface area contributed by atoms with Crippen molar-refractivity contribution in [3.8, 4) is 0 Å². The summed E-state index contributed by atoms with van der Waals surface area (Å²) >= 11 is 0. The second-order valence-electron chi connectivity index (χ2n) is 6.10. The number of rotatable bonds is 7. The number of nitrogens with zero attached hydrogens (tertiary/aromatic N) is 3. The molecule has 2 aliphatic rings. The molecule has 0 radical (unpaired) electrons. The first-order valence-electron chi connectivity index (χ1n) is 7.90. The Bertz CT molecular complexity index is 813. The number of carbonyl (C=O) groups excluding carboxylic acids is 3. The number of amides is 3. The average Bonchev–Trinajstić information content (AvgIpc) is 3.15. The summed E-state index contributed by atoms with van der Waals surface area (Å²) < 4.78 is 38.1. The summed E-state index contributed by atoms with van der Waals surface area (Å²) in [6.45, 7) is 0.00349. The van der Waals surface area contributed by atoms with Gasteiger partial charge in [-0.15, -0.1) is 0 Å². The molecule has 0 unspecified atom stereocenters. The molecule has 142 valence electrons. The molecule has 2 aliphatic heterocycles. The first kappa shape index (κ1) is 21.9. The van der Waals surface area contributed by atoms with E-state index >= 15 is 0 Å². The second kappa shape index (κ2) is 8.71. The van der Waals surface area contributed by atoms with E-state index in [1.165, 1.54) is 0 Å². The van der Waals surface area contributed by atoms with Gasteiger partial charge in [0.2, 0.25) is 16.3 Å². The SMILES string of the molecule is O=C(CNC(=O)[C@@H]1CC[C@@H]2CN1C(=O)N2OS(=O)(=O)[O-])Cn1cccc1.[Na+]. The third-order valence-corrected chi connectivity index (χ3v) is 4.63. The van der Waals surface area contributed by atoms with Crippen molar-refractivity contribution in [2.45, 2.75) is 31.5 Å². The second-order valence-corrected chi connectivity index (χ2v) is 7.07. The molecule has 2 fully saturated rings. The Morgan fingerprint density at radius 1 is 1.26 bits per heavy atom. The monoisotopic (exact) mass is 408 g/mol. The predicted octanol–water partition coefficient (Wildman–Crippen LogP) is -4.16. The predicted molar refractivity (Wildman–Crippen MR) is 84.0 cm³/mol. The van der Waals surface area contributed by atoms with Crippen molar-refractivity contribution in [3.05, 3.63) is 24.5 Å². The van der Waals surface area contributed by atoms with E-state index in [1.54, 1.807) is 29.1 Å². The van der Waals surface area contributed by atoms with Gasteiger partial charge in [0.05, 0.1) is 19.1 Å². The molecule has 3 amide bonds. The molecule has 2 bridgehead atoms. The van der Waals surface area contributed by atoms with Crippen LogP contribution in [-0.4, -0.2) is 70.4 Å². The molecule has 2 atom stereocenters. The van der Waals surface area contributed by atoms with Gasteiger partial charge in [-0.05, 0) is 25.0 Å². The summed E-state index contributed by atoms with van der Waals surface area (Å²) in [7, 11) is -5.08. The number of hydroxylamine groups is 2. The van der Waals surface area contributed by atoms with Crippen molar-refractivity contribution >= 4 is 28.1 Å². The topological polar surface area (TPSA) is 141 Å². The van der Waals surface area contributed by atoms with Crippen molar-refractivity contribution < 1.29 is 61.2 Å². The van der Waals surface area contributed by atoms with E-state index in [1.807, 2.05) is 0 Å². The maximum atomic E-state index is 12.3. The zero-order valence-electron chi connectivity index (χ0n) is 14.6. The van der Waals surface area contributed by atoms with E-state index in [-0.39, 0.29) is 61.4 Å². The van der Waals surface area contributed by atoms with Gasteiger partial charge < -0.3 is 19.3 Å². The van der Waals surface area contributed by atoms with Crippen molar-refractivity contribution in [1.29, 1.82) is 0 Å². The van der Waals surface area contributed by atoms with E-state index in [0.717, 1.165) is 4.90 Å². The molecular weight excluding hydrogens is 391 g/mol. The van der Waals surface area contributed by atoms with Crippen LogP contribution in [0.3, 0.4) is 0 Å². The number of fused-ring (bicyclic) bond motifs is 2. The number of carbonyl (C=O) groups is 3. The molecule has 0 saturated carbocycles. The van der Waals surface area contributed by atoms with Crippen molar-refractivity contribution in [3.63, 3.8) is 0 Å². The normalized spacial score (nSPS) is 21.7. The van der Waals surface area contributed by atoms with Crippen LogP contribution in [0, 0.1) is 0 Å². The summed E-state index contributed by atoms with van der Waals surface area (Å²) in [5.41, 5.74) is 0. The number of Topliss-reactive ketones (excluding diaryl/α,β-unsaturated/α-hetero) is 1. The van der Waals surface area contributed by atoms with Crippen LogP contribution in [0.1, 0.15) is 12.8 Å². The molecule has 27 heavy (non-hydrogen) atoms. The summed E-state index contributed by atoms with van der Waals surface area (Å²) in [6.07, 6.45) is 4.02. The quantitative estimate of drug-likeness (QED) is 0.274. The Hall–Kier alpha value is -1.44. The molecule has 3 heterocycles. The Labute approximate surface area is 177 Å². The molecule has 1 N–H and O–H groups in total. The van der Waals surface area contributed by atoms with Gasteiger partial charge in [0.1, 0.15) is 6.04 Å². The number of hydrogen-bond donors (Lipinski definition) is 1. The first-order chi connectivity index (χ1) is 12.2. The zero-order chi connectivity index (χ0) is 18.9. The maximum absolute atomic E-state index is 12.3. The van der Waals surface area contributed by atoms with Crippen molar-refractivity contribution in [2.24, 2.45) is 0 Å². The molecule has 1 aromatic rings. The number of piperidine rings is 1. The zero-order valence-corrected chi connectivity index (χ0v) is 17.4. The van der Waals surface area contributed by atoms with E-state index in [4.69, 9.17) is 0 Å². The molecule has 1 aromatic heterocycles. The maximum Gasteiger partial charge on any atom is 1.00 e. The molecule has 0 aliphatic carbocycles. The van der Waals surface area contributed by atoms with Crippen LogP contribution in [-0.2, 0) is 30.8 Å². The van der Waals surface area contributed by atoms with E-state index in [9.17, 15) is 27.4 Å². The van der Waals surface area contributed by atoms with Gasteiger partial charge in [-0.1, -0.05) is 0 Å². The third kappa shape index (κ3) is 5.30. The number of hydrogen-bond acceptors (Lipinski definition) is 7. The third-order valence-electron chi connectivity index (χ3n) is 4.28. The molecule has 0 aromatic carbocycles. The Kier molecular flexibility index (Phi) is 7.05. The van der Waals surface area contributed by atoms with Gasteiger partial charge in [0.15, 0.2) is 5.78 Å². The minimum atomic E-state index is -5.08. The first-order valence-corrected chi connectivity index (χ1v) is 9.23. The summed E-state index contributed by atoms with van der Waals surface area (Å²) in [5.74, 6) is -0.720. The van der Waals surface area contributed by atoms with Crippen molar-refractivity contribution in [1.82, 2.24) is 19.8 Å². The van der Waals surface area contributed by atoms with E-state index in [0.29, 0.717) is 11.5 Å². The molecular formula is C14H17N4NaO7S. The molecule has 13 heteroatoms. The largest absolute Gasteiger partial charge is 1.00 e. The number of urea groups is 1. The number of ketones is 1. The van der Waals surface area contributed by atoms with Crippen LogP contribution in [0.5, 0.6) is 0 Å². The van der Waals surface area contributed by atoms with Gasteiger partial charge in [-0.3, -0.25) is 9.59 Å². The van der Waals surface area contributed by atoms with Gasteiger partial charge in [-0.25, -0.2) is 13.2 Å². The van der Waals surface area contributed by atoms with Gasteiger partial charge in [-0.2, -0.15) is 9.35 Å². The fraction of sp³-hybridized carbons (Fsp3) is 0.500. The summed E-state index contributed by atoms with van der Waals surface area (Å²) in [4.78, 5) is 37.6. The fourth-order valence-corrected chi connectivity index (χ4v) is 3.52. The fourth-order valence-electron chi connectivity index (χ4n) is 3.14. The minimum Gasteiger partial charge on any atom is -0.724 e. The van der Waals surface area contributed by atoms with Crippen LogP contribution >= 0.6 is 0 Å². The van der Waals surface area contributed by atoms with Crippen LogP contribution in [0.2, 0.25) is 0 Å². The number of nitrogens with one attached hydrogen (secondary N) is 1. The van der Waals surface area contributed by atoms with Gasteiger partial charge >= 0.3 is 35.6 Å². The Morgan fingerprint density at radius 2 is 1.93 bits per heavy atom. The number of aromatic nitrogens is 1. The molecule has 3 rings (SSSR count). The summed E-state index contributed by atoms with van der Waals surface area (Å²) in [5, 5.41) is 3.00. The standard InChI is InChI=1S/C14H18N4O7S.Na/c19-11(9-16-5-1-2-6-16)7-15-13(20)12-4-3-10-8-17(12)14(21)18(10)25-26(22,23)24;/h1-2,5-6,10,12H,3-4,7-9H2,(H,15,20)(H,22,23,24);/q;+1/p-1/t10-,12+;/m1./s1. The Balaban J connectivity index is 0.00000261. The van der Waals surface area contributed by atoms with Gasteiger partial charge in [0, 0.05) is 18.9 Å². The van der Waals surface area contributed by atoms with E-state index < -0.39 is 34.4 Å². The van der Waals surface area contributed by atoms with Crippen LogP contribution < -0.4 is 34.9 Å². The molecule has 11 nitrogen and oxygen atoms in total.